The van der Waals surface area contributed by atoms with Crippen LogP contribution in [-0.2, 0) is 6.54 Å². The van der Waals surface area contributed by atoms with Gasteiger partial charge in [0.15, 0.2) is 17.2 Å². The van der Waals surface area contributed by atoms with Crippen LogP contribution in [0.5, 0.6) is 11.5 Å². The summed E-state index contributed by atoms with van der Waals surface area (Å²) in [6.07, 6.45) is 1.72. The molecular formula is C12H12N4O3. The van der Waals surface area contributed by atoms with Gasteiger partial charge in [0.2, 0.25) is 6.79 Å². The summed E-state index contributed by atoms with van der Waals surface area (Å²) in [6, 6.07) is 7.29. The lowest BCUT2D eigenvalue weighted by Crippen LogP contribution is -2.30. The first-order chi connectivity index (χ1) is 9.26. The SMILES string of the molecule is NNC(=O)c1ccn(Cc2ccc3c(c2)OCO3)n1. The van der Waals surface area contributed by atoms with E-state index in [1.165, 1.54) is 0 Å². The van der Waals surface area contributed by atoms with Crippen LogP contribution in [0.15, 0.2) is 30.5 Å². The molecule has 1 aliphatic rings. The molecule has 0 atom stereocenters. The van der Waals surface area contributed by atoms with E-state index in [2.05, 4.69) is 5.10 Å². The highest BCUT2D eigenvalue weighted by Gasteiger charge is 2.14. The van der Waals surface area contributed by atoms with E-state index in [1.807, 2.05) is 23.6 Å². The van der Waals surface area contributed by atoms with Crippen LogP contribution in [0.25, 0.3) is 0 Å². The number of carbonyl (C=O) groups excluding carboxylic acids is 1. The van der Waals surface area contributed by atoms with Gasteiger partial charge in [0.05, 0.1) is 6.54 Å². The van der Waals surface area contributed by atoms with E-state index in [4.69, 9.17) is 15.3 Å². The van der Waals surface area contributed by atoms with Gasteiger partial charge in [-0.2, -0.15) is 5.10 Å². The van der Waals surface area contributed by atoms with Gasteiger partial charge in [-0.05, 0) is 23.8 Å². The molecule has 0 unspecified atom stereocenters. The average molecular weight is 260 g/mol. The topological polar surface area (TPSA) is 91.4 Å². The molecule has 0 aliphatic carbocycles. The molecule has 98 valence electrons. The van der Waals surface area contributed by atoms with Crippen LogP contribution < -0.4 is 20.7 Å². The summed E-state index contributed by atoms with van der Waals surface area (Å²) in [7, 11) is 0. The number of nitrogens with two attached hydrogens (primary N) is 1. The molecule has 1 aliphatic heterocycles. The minimum atomic E-state index is -0.413. The van der Waals surface area contributed by atoms with E-state index in [1.54, 1.807) is 16.9 Å². The summed E-state index contributed by atoms with van der Waals surface area (Å²) < 4.78 is 12.2. The minimum Gasteiger partial charge on any atom is -0.454 e. The molecular weight excluding hydrogens is 248 g/mol. The fraction of sp³-hybridized carbons (Fsp3) is 0.167. The molecule has 7 heteroatoms. The van der Waals surface area contributed by atoms with Gasteiger partial charge in [0, 0.05) is 6.20 Å². The van der Waals surface area contributed by atoms with Gasteiger partial charge < -0.3 is 9.47 Å². The molecule has 2 aromatic rings. The molecule has 1 amide bonds. The van der Waals surface area contributed by atoms with Gasteiger partial charge in [-0.3, -0.25) is 14.9 Å². The second-order valence-electron chi connectivity index (χ2n) is 4.06. The first kappa shape index (κ1) is 11.5. The molecule has 0 spiro atoms. The number of amides is 1. The highest BCUT2D eigenvalue weighted by atomic mass is 16.7. The monoisotopic (exact) mass is 260 g/mol. The van der Waals surface area contributed by atoms with E-state index in [-0.39, 0.29) is 12.5 Å². The van der Waals surface area contributed by atoms with Gasteiger partial charge in [-0.25, -0.2) is 5.84 Å². The fourth-order valence-corrected chi connectivity index (χ4v) is 1.87. The number of nitrogens with zero attached hydrogens (tertiary/aromatic N) is 2. The number of fused-ring (bicyclic) bond motifs is 1. The van der Waals surface area contributed by atoms with Crippen molar-refractivity contribution in [2.45, 2.75) is 6.54 Å². The molecule has 0 saturated carbocycles. The van der Waals surface area contributed by atoms with E-state index < -0.39 is 5.91 Å². The van der Waals surface area contributed by atoms with Gasteiger partial charge >= 0.3 is 0 Å². The summed E-state index contributed by atoms with van der Waals surface area (Å²) in [5.74, 6) is 6.11. The van der Waals surface area contributed by atoms with Gasteiger partial charge in [0.1, 0.15) is 0 Å². The van der Waals surface area contributed by atoms with Crippen molar-refractivity contribution in [2.24, 2.45) is 5.84 Å². The Labute approximate surface area is 108 Å². The predicted octanol–water partition coefficient (Wildman–Crippen LogP) is 0.264. The number of hydrazine groups is 1. The minimum absolute atomic E-state index is 0.251. The van der Waals surface area contributed by atoms with Crippen molar-refractivity contribution in [3.8, 4) is 11.5 Å². The lowest BCUT2D eigenvalue weighted by atomic mass is 10.2. The number of carbonyl (C=O) groups is 1. The molecule has 0 saturated heterocycles. The van der Waals surface area contributed by atoms with E-state index in [0.717, 1.165) is 17.1 Å². The Morgan fingerprint density at radius 1 is 1.37 bits per heavy atom. The number of nitrogen functional groups attached to an aromatic ring is 1. The Hall–Kier alpha value is -2.54. The molecule has 2 heterocycles. The predicted molar refractivity (Wildman–Crippen MR) is 65.5 cm³/mol. The summed E-state index contributed by atoms with van der Waals surface area (Å²) in [6.45, 7) is 0.788. The van der Waals surface area contributed by atoms with Gasteiger partial charge in [-0.1, -0.05) is 6.07 Å². The Bertz CT molecular complexity index is 623. The largest absolute Gasteiger partial charge is 0.454 e. The third kappa shape index (κ3) is 2.23. The van der Waals surface area contributed by atoms with Gasteiger partial charge in [0.25, 0.3) is 5.91 Å². The summed E-state index contributed by atoms with van der Waals surface area (Å²) in [4.78, 5) is 11.3. The number of rotatable bonds is 3. The van der Waals surface area contributed by atoms with Crippen molar-refractivity contribution < 1.29 is 14.3 Å². The van der Waals surface area contributed by atoms with Crippen molar-refractivity contribution in [3.63, 3.8) is 0 Å². The zero-order valence-corrected chi connectivity index (χ0v) is 10.00. The second-order valence-corrected chi connectivity index (χ2v) is 4.06. The van der Waals surface area contributed by atoms with Crippen LogP contribution in [0.3, 0.4) is 0 Å². The lowest BCUT2D eigenvalue weighted by molar-refractivity contribution is 0.0948. The van der Waals surface area contributed by atoms with Crippen LogP contribution >= 0.6 is 0 Å². The summed E-state index contributed by atoms with van der Waals surface area (Å²) >= 11 is 0. The van der Waals surface area contributed by atoms with Crippen LogP contribution in [-0.4, -0.2) is 22.5 Å². The highest BCUT2D eigenvalue weighted by Crippen LogP contribution is 2.32. The van der Waals surface area contributed by atoms with Crippen molar-refractivity contribution in [3.05, 3.63) is 41.7 Å². The van der Waals surface area contributed by atoms with Gasteiger partial charge in [-0.15, -0.1) is 0 Å². The number of hydrogen-bond acceptors (Lipinski definition) is 5. The van der Waals surface area contributed by atoms with Crippen LogP contribution in [0.4, 0.5) is 0 Å². The molecule has 1 aromatic carbocycles. The van der Waals surface area contributed by atoms with Crippen molar-refractivity contribution in [1.82, 2.24) is 15.2 Å². The van der Waals surface area contributed by atoms with E-state index in [0.29, 0.717) is 6.54 Å². The first-order valence-corrected chi connectivity index (χ1v) is 5.69. The Morgan fingerprint density at radius 3 is 3.05 bits per heavy atom. The number of benzene rings is 1. The molecule has 1 aromatic heterocycles. The smallest absolute Gasteiger partial charge is 0.285 e. The number of aromatic nitrogens is 2. The molecule has 3 rings (SSSR count). The standard InChI is InChI=1S/C12H12N4O3/c13-14-12(17)9-3-4-16(15-9)6-8-1-2-10-11(5-8)19-7-18-10/h1-5H,6-7,13H2,(H,14,17). The maximum Gasteiger partial charge on any atom is 0.285 e. The summed E-state index contributed by atoms with van der Waals surface area (Å²) in [5.41, 5.74) is 3.33. The Kier molecular flexibility index (Phi) is 2.81. The quantitative estimate of drug-likeness (QED) is 0.469. The van der Waals surface area contributed by atoms with Crippen molar-refractivity contribution in [2.75, 3.05) is 6.79 Å². The van der Waals surface area contributed by atoms with Crippen LogP contribution in [0, 0.1) is 0 Å². The zero-order valence-electron chi connectivity index (χ0n) is 10.00. The lowest BCUT2D eigenvalue weighted by Gasteiger charge is -2.03. The molecule has 19 heavy (non-hydrogen) atoms. The molecule has 3 N–H and O–H groups in total. The van der Waals surface area contributed by atoms with Crippen LogP contribution in [0.2, 0.25) is 0 Å². The van der Waals surface area contributed by atoms with E-state index >= 15 is 0 Å². The Balaban J connectivity index is 1.78. The third-order valence-corrected chi connectivity index (χ3v) is 2.79. The molecule has 0 radical (unpaired) electrons. The Morgan fingerprint density at radius 2 is 2.21 bits per heavy atom. The molecule has 0 fully saturated rings. The van der Waals surface area contributed by atoms with E-state index in [9.17, 15) is 4.79 Å². The second kappa shape index (κ2) is 4.62. The normalized spacial score (nSPS) is 12.5. The van der Waals surface area contributed by atoms with Crippen molar-refractivity contribution >= 4 is 5.91 Å². The number of ether oxygens (including phenoxy) is 2. The number of hydrogen-bond donors (Lipinski definition) is 2. The average Bonchev–Trinajstić information content (AvgIpc) is 3.06. The first-order valence-electron chi connectivity index (χ1n) is 5.69. The highest BCUT2D eigenvalue weighted by molar-refractivity contribution is 5.91. The fourth-order valence-electron chi connectivity index (χ4n) is 1.87. The van der Waals surface area contributed by atoms with Crippen molar-refractivity contribution in [1.29, 1.82) is 0 Å². The molecule has 7 nitrogen and oxygen atoms in total. The third-order valence-electron chi connectivity index (χ3n) is 2.79. The van der Waals surface area contributed by atoms with Crippen LogP contribution in [0.1, 0.15) is 16.1 Å². The molecule has 0 bridgehead atoms. The number of nitrogens with one attached hydrogen (secondary N) is 1. The maximum atomic E-state index is 11.3. The summed E-state index contributed by atoms with van der Waals surface area (Å²) in [5, 5.41) is 4.12. The maximum absolute atomic E-state index is 11.3. The zero-order chi connectivity index (χ0) is 13.2.